The van der Waals surface area contributed by atoms with Gasteiger partial charge in [-0.3, -0.25) is 0 Å². The predicted molar refractivity (Wildman–Crippen MR) is 65.0 cm³/mol. The second-order valence-electron chi connectivity index (χ2n) is 4.04. The van der Waals surface area contributed by atoms with Crippen molar-refractivity contribution in [3.05, 3.63) is 18.2 Å². The van der Waals surface area contributed by atoms with Gasteiger partial charge in [0.25, 0.3) is 0 Å². The lowest BCUT2D eigenvalue weighted by Crippen LogP contribution is -2.30. The van der Waals surface area contributed by atoms with Crippen molar-refractivity contribution in [2.75, 3.05) is 20.1 Å². The Morgan fingerprint density at radius 2 is 1.44 bits per heavy atom. The number of hydrogen-bond donors (Lipinski definition) is 0. The van der Waals surface area contributed by atoms with Crippen LogP contribution in [0.3, 0.4) is 0 Å². The summed E-state index contributed by atoms with van der Waals surface area (Å²) in [5.74, 6) is 2.48. The molecule has 0 aliphatic rings. The molecule has 0 atom stereocenters. The van der Waals surface area contributed by atoms with E-state index in [2.05, 4.69) is 0 Å². The van der Waals surface area contributed by atoms with Crippen LogP contribution in [0.5, 0.6) is 17.2 Å². The molecule has 0 saturated heterocycles. The van der Waals surface area contributed by atoms with Gasteiger partial charge >= 0.3 is 0 Å². The van der Waals surface area contributed by atoms with E-state index in [-0.39, 0.29) is 0 Å². The van der Waals surface area contributed by atoms with Crippen molar-refractivity contribution >= 4 is 11.6 Å². The van der Waals surface area contributed by atoms with Crippen molar-refractivity contribution < 1.29 is 14.2 Å². The number of rotatable bonds is 5. The van der Waals surface area contributed by atoms with E-state index in [0.717, 1.165) is 0 Å². The fourth-order valence-electron chi connectivity index (χ4n) is 1.19. The summed E-state index contributed by atoms with van der Waals surface area (Å²) in [5.41, 5.74) is -0.418. The van der Waals surface area contributed by atoms with Crippen molar-refractivity contribution in [3.8, 4) is 17.2 Å². The molecule has 1 aromatic carbocycles. The van der Waals surface area contributed by atoms with Gasteiger partial charge in [-0.2, -0.15) is 0 Å². The molecule has 4 heteroatoms. The van der Waals surface area contributed by atoms with E-state index in [0.29, 0.717) is 23.1 Å². The second kappa shape index (κ2) is 5.30. The fraction of sp³-hybridized carbons (Fsp3) is 0.500. The smallest absolute Gasteiger partial charge is 0.127 e. The van der Waals surface area contributed by atoms with Crippen LogP contribution < -0.4 is 14.2 Å². The molecule has 0 amide bonds. The number of alkyl halides is 1. The van der Waals surface area contributed by atoms with Gasteiger partial charge in [-0.25, -0.2) is 0 Å². The third kappa shape index (κ3) is 3.49. The highest BCUT2D eigenvalue weighted by Gasteiger charge is 2.19. The normalized spacial score (nSPS) is 11.1. The van der Waals surface area contributed by atoms with Crippen molar-refractivity contribution in [1.29, 1.82) is 0 Å². The minimum Gasteiger partial charge on any atom is -0.496 e. The van der Waals surface area contributed by atoms with Gasteiger partial charge in [-0.15, -0.1) is 11.6 Å². The van der Waals surface area contributed by atoms with Crippen LogP contribution in [0.4, 0.5) is 0 Å². The number of benzene rings is 1. The van der Waals surface area contributed by atoms with E-state index >= 15 is 0 Å². The standard InChI is InChI=1S/C12H17ClO3/c1-12(2,8-13)16-11-6-9(14-3)5-10(7-11)15-4/h5-7H,8H2,1-4H3. The highest BCUT2D eigenvalue weighted by molar-refractivity contribution is 6.18. The quantitative estimate of drug-likeness (QED) is 0.745. The van der Waals surface area contributed by atoms with Crippen LogP contribution in [0, 0.1) is 0 Å². The molecule has 90 valence electrons. The van der Waals surface area contributed by atoms with Crippen LogP contribution in [0.2, 0.25) is 0 Å². The summed E-state index contributed by atoms with van der Waals surface area (Å²) in [6.45, 7) is 3.85. The number of ether oxygens (including phenoxy) is 3. The Kier molecular flexibility index (Phi) is 4.30. The number of methoxy groups -OCH3 is 2. The van der Waals surface area contributed by atoms with Crippen molar-refractivity contribution in [2.24, 2.45) is 0 Å². The lowest BCUT2D eigenvalue weighted by Gasteiger charge is -2.24. The third-order valence-electron chi connectivity index (χ3n) is 2.04. The Hall–Kier alpha value is -1.09. The highest BCUT2D eigenvalue weighted by atomic mass is 35.5. The van der Waals surface area contributed by atoms with Gasteiger partial charge in [-0.1, -0.05) is 0 Å². The van der Waals surface area contributed by atoms with Gasteiger partial charge < -0.3 is 14.2 Å². The zero-order valence-electron chi connectivity index (χ0n) is 10.0. The molecule has 0 aliphatic heterocycles. The van der Waals surface area contributed by atoms with E-state index < -0.39 is 5.60 Å². The van der Waals surface area contributed by atoms with Crippen molar-refractivity contribution in [3.63, 3.8) is 0 Å². The topological polar surface area (TPSA) is 27.7 Å². The van der Waals surface area contributed by atoms with Crippen LogP contribution >= 0.6 is 11.6 Å². The van der Waals surface area contributed by atoms with E-state index in [9.17, 15) is 0 Å². The highest BCUT2D eigenvalue weighted by Crippen LogP contribution is 2.29. The molecule has 0 spiro atoms. The molecule has 1 rings (SSSR count). The third-order valence-corrected chi connectivity index (χ3v) is 2.68. The Labute approximate surface area is 101 Å². The average Bonchev–Trinajstić information content (AvgIpc) is 2.28. The Balaban J connectivity index is 2.95. The molecule has 0 aliphatic carbocycles. The van der Waals surface area contributed by atoms with Crippen LogP contribution in [0.15, 0.2) is 18.2 Å². The molecule has 0 saturated carbocycles. The zero-order valence-corrected chi connectivity index (χ0v) is 10.8. The molecule has 0 aromatic heterocycles. The fourth-order valence-corrected chi connectivity index (χ4v) is 1.24. The summed E-state index contributed by atoms with van der Waals surface area (Å²) in [4.78, 5) is 0. The van der Waals surface area contributed by atoms with E-state index in [1.54, 1.807) is 32.4 Å². The van der Waals surface area contributed by atoms with Crippen LogP contribution in [0.1, 0.15) is 13.8 Å². The first kappa shape index (κ1) is 13.0. The largest absolute Gasteiger partial charge is 0.496 e. The molecular weight excluding hydrogens is 228 g/mol. The summed E-state index contributed by atoms with van der Waals surface area (Å²) >= 11 is 5.80. The summed E-state index contributed by atoms with van der Waals surface area (Å²) < 4.78 is 16.0. The van der Waals surface area contributed by atoms with Gasteiger partial charge in [0.2, 0.25) is 0 Å². The van der Waals surface area contributed by atoms with Crippen LogP contribution in [0.25, 0.3) is 0 Å². The molecule has 1 aromatic rings. The van der Waals surface area contributed by atoms with Gasteiger partial charge in [0, 0.05) is 18.2 Å². The van der Waals surface area contributed by atoms with Crippen LogP contribution in [-0.2, 0) is 0 Å². The lowest BCUT2D eigenvalue weighted by atomic mass is 10.2. The maximum atomic E-state index is 5.80. The summed E-state index contributed by atoms with van der Waals surface area (Å²) in [7, 11) is 3.20. The molecule has 0 bridgehead atoms. The maximum absolute atomic E-state index is 5.80. The zero-order chi connectivity index (χ0) is 12.2. The SMILES string of the molecule is COc1cc(OC)cc(OC(C)(C)CCl)c1. The minimum absolute atomic E-state index is 0.409. The Morgan fingerprint density at radius 3 is 1.81 bits per heavy atom. The molecule has 0 radical (unpaired) electrons. The first-order valence-corrected chi connectivity index (χ1v) is 5.52. The number of hydrogen-bond acceptors (Lipinski definition) is 3. The predicted octanol–water partition coefficient (Wildman–Crippen LogP) is 3.10. The van der Waals surface area contributed by atoms with Crippen molar-refractivity contribution in [2.45, 2.75) is 19.4 Å². The number of halogens is 1. The van der Waals surface area contributed by atoms with E-state index in [4.69, 9.17) is 25.8 Å². The first-order chi connectivity index (χ1) is 7.50. The van der Waals surface area contributed by atoms with Gasteiger partial charge in [-0.05, 0) is 13.8 Å². The van der Waals surface area contributed by atoms with Gasteiger partial charge in [0.15, 0.2) is 0 Å². The first-order valence-electron chi connectivity index (χ1n) is 4.99. The minimum atomic E-state index is -0.418. The second-order valence-corrected chi connectivity index (χ2v) is 4.31. The van der Waals surface area contributed by atoms with Gasteiger partial charge in [0.05, 0.1) is 20.1 Å². The lowest BCUT2D eigenvalue weighted by molar-refractivity contribution is 0.133. The Morgan fingerprint density at radius 1 is 1.00 bits per heavy atom. The van der Waals surface area contributed by atoms with E-state index in [1.165, 1.54) is 0 Å². The van der Waals surface area contributed by atoms with Gasteiger partial charge in [0.1, 0.15) is 22.8 Å². The van der Waals surface area contributed by atoms with E-state index in [1.807, 2.05) is 13.8 Å². The Bertz CT molecular complexity index is 328. The average molecular weight is 245 g/mol. The van der Waals surface area contributed by atoms with Crippen molar-refractivity contribution in [1.82, 2.24) is 0 Å². The molecule has 3 nitrogen and oxygen atoms in total. The summed E-state index contributed by atoms with van der Waals surface area (Å²) in [5, 5.41) is 0. The molecule has 0 heterocycles. The maximum Gasteiger partial charge on any atom is 0.127 e. The summed E-state index contributed by atoms with van der Waals surface area (Å²) in [6.07, 6.45) is 0. The summed E-state index contributed by atoms with van der Waals surface area (Å²) in [6, 6.07) is 5.40. The molecule has 0 N–H and O–H groups in total. The molecular formula is C12H17ClO3. The molecule has 0 fully saturated rings. The van der Waals surface area contributed by atoms with Crippen LogP contribution in [-0.4, -0.2) is 25.7 Å². The monoisotopic (exact) mass is 244 g/mol. The molecule has 16 heavy (non-hydrogen) atoms. The molecule has 0 unspecified atom stereocenters.